The third kappa shape index (κ3) is 5.26. The number of morpholine rings is 1. The fourth-order valence-electron chi connectivity index (χ4n) is 1.18. The minimum absolute atomic E-state index is 0.815. The van der Waals surface area contributed by atoms with Crippen molar-refractivity contribution in [2.24, 2.45) is 0 Å². The summed E-state index contributed by atoms with van der Waals surface area (Å²) < 4.78 is 5.22. The molecule has 0 saturated carbocycles. The molecule has 0 spiro atoms. The molecule has 1 N–H and O–H groups in total. The van der Waals surface area contributed by atoms with Gasteiger partial charge in [-0.2, -0.15) is 0 Å². The monoisotopic (exact) mass is 217 g/mol. The van der Waals surface area contributed by atoms with Gasteiger partial charge in [0.05, 0.1) is 13.2 Å². The highest BCUT2D eigenvalue weighted by Crippen LogP contribution is 2.04. The van der Waals surface area contributed by atoms with Gasteiger partial charge >= 0.3 is 5.97 Å². The molecule has 1 aliphatic rings. The zero-order valence-corrected chi connectivity index (χ0v) is 8.83. The van der Waals surface area contributed by atoms with Crippen LogP contribution in [0.25, 0.3) is 0 Å². The summed E-state index contributed by atoms with van der Waals surface area (Å²) >= 11 is 1.53. The maximum Gasteiger partial charge on any atom is 0.328 e. The summed E-state index contributed by atoms with van der Waals surface area (Å²) in [6.45, 7) is 4.61. The van der Waals surface area contributed by atoms with Gasteiger partial charge in [-0.15, -0.1) is 11.8 Å². The van der Waals surface area contributed by atoms with Crippen LogP contribution in [0.3, 0.4) is 0 Å². The molecule has 1 saturated heterocycles. The van der Waals surface area contributed by atoms with E-state index in [1.807, 2.05) is 0 Å². The van der Waals surface area contributed by atoms with Gasteiger partial charge in [0.25, 0.3) is 0 Å². The van der Waals surface area contributed by atoms with E-state index < -0.39 is 5.97 Å². The van der Waals surface area contributed by atoms with Crippen LogP contribution in [0, 0.1) is 0 Å². The quantitative estimate of drug-likeness (QED) is 0.541. The standard InChI is InChI=1S/C9H15NO3S/c11-9(12)1-7-14-8-4-10-2-5-13-6-3-10/h1,7H,2-6,8H2,(H,11,12)/b7-1+. The minimum Gasteiger partial charge on any atom is -0.478 e. The van der Waals surface area contributed by atoms with Crippen molar-refractivity contribution >= 4 is 17.7 Å². The summed E-state index contributed by atoms with van der Waals surface area (Å²) in [6.07, 6.45) is 1.17. The van der Waals surface area contributed by atoms with E-state index in [-0.39, 0.29) is 0 Å². The van der Waals surface area contributed by atoms with Crippen LogP contribution in [0.4, 0.5) is 0 Å². The molecule has 80 valence electrons. The Morgan fingerprint density at radius 2 is 2.21 bits per heavy atom. The number of ether oxygens (including phenoxy) is 1. The summed E-state index contributed by atoms with van der Waals surface area (Å²) in [5, 5.41) is 9.96. The lowest BCUT2D eigenvalue weighted by atomic mass is 10.4. The minimum atomic E-state index is -0.885. The second-order valence-electron chi connectivity index (χ2n) is 2.97. The molecule has 0 unspecified atom stereocenters. The molecule has 4 nitrogen and oxygen atoms in total. The topological polar surface area (TPSA) is 49.8 Å². The molecule has 0 aromatic carbocycles. The molecule has 5 heteroatoms. The Morgan fingerprint density at radius 3 is 2.86 bits per heavy atom. The molecule has 1 fully saturated rings. The highest BCUT2D eigenvalue weighted by atomic mass is 32.2. The Labute approximate surface area is 87.9 Å². The number of hydrogen-bond donors (Lipinski definition) is 1. The largest absolute Gasteiger partial charge is 0.478 e. The number of carboxylic acid groups (broad SMARTS) is 1. The predicted octanol–water partition coefficient (Wildman–Crippen LogP) is 0.650. The smallest absolute Gasteiger partial charge is 0.328 e. The van der Waals surface area contributed by atoms with Gasteiger partial charge in [-0.05, 0) is 5.41 Å². The molecule has 1 heterocycles. The Morgan fingerprint density at radius 1 is 1.50 bits per heavy atom. The van der Waals surface area contributed by atoms with Crippen molar-refractivity contribution in [2.45, 2.75) is 0 Å². The third-order valence-corrected chi connectivity index (χ3v) is 2.68. The van der Waals surface area contributed by atoms with Gasteiger partial charge in [0.2, 0.25) is 0 Å². The normalized spacial score (nSPS) is 18.9. The van der Waals surface area contributed by atoms with Gasteiger partial charge in [0.15, 0.2) is 0 Å². The van der Waals surface area contributed by atoms with Crippen LogP contribution in [0.15, 0.2) is 11.5 Å². The fraction of sp³-hybridized carbons (Fsp3) is 0.667. The number of rotatable bonds is 5. The summed E-state index contributed by atoms with van der Waals surface area (Å²) in [4.78, 5) is 12.5. The van der Waals surface area contributed by atoms with Crippen LogP contribution < -0.4 is 0 Å². The van der Waals surface area contributed by atoms with Crippen LogP contribution in [-0.4, -0.2) is 54.6 Å². The van der Waals surface area contributed by atoms with Crippen molar-refractivity contribution in [1.82, 2.24) is 4.90 Å². The zero-order valence-electron chi connectivity index (χ0n) is 8.02. The van der Waals surface area contributed by atoms with Crippen LogP contribution in [0.1, 0.15) is 0 Å². The second-order valence-corrected chi connectivity index (χ2v) is 3.98. The summed E-state index contributed by atoms with van der Waals surface area (Å²) in [7, 11) is 0. The van der Waals surface area contributed by atoms with E-state index in [0.717, 1.165) is 38.6 Å². The van der Waals surface area contributed by atoms with Crippen LogP contribution in [-0.2, 0) is 9.53 Å². The van der Waals surface area contributed by atoms with Crippen molar-refractivity contribution in [3.63, 3.8) is 0 Å². The average Bonchev–Trinajstić information content (AvgIpc) is 2.18. The third-order valence-electron chi connectivity index (χ3n) is 1.94. The lowest BCUT2D eigenvalue weighted by Gasteiger charge is -2.25. The maximum atomic E-state index is 10.1. The molecule has 0 radical (unpaired) electrons. The first-order valence-electron chi connectivity index (χ1n) is 4.60. The van der Waals surface area contributed by atoms with Gasteiger partial charge in [-0.1, -0.05) is 0 Å². The number of aliphatic carboxylic acids is 1. The summed E-state index contributed by atoms with van der Waals surface area (Å²) in [5.41, 5.74) is 0. The molecule has 0 aliphatic carbocycles. The van der Waals surface area contributed by atoms with E-state index in [4.69, 9.17) is 9.84 Å². The molecular weight excluding hydrogens is 202 g/mol. The predicted molar refractivity (Wildman–Crippen MR) is 56.5 cm³/mol. The van der Waals surface area contributed by atoms with Crippen molar-refractivity contribution in [1.29, 1.82) is 0 Å². The van der Waals surface area contributed by atoms with Crippen LogP contribution in [0.2, 0.25) is 0 Å². The first kappa shape index (κ1) is 11.6. The first-order chi connectivity index (χ1) is 6.79. The van der Waals surface area contributed by atoms with Gasteiger partial charge in [-0.3, -0.25) is 4.90 Å². The Balaban J connectivity index is 2.00. The van der Waals surface area contributed by atoms with Crippen molar-refractivity contribution in [2.75, 3.05) is 38.6 Å². The molecule has 14 heavy (non-hydrogen) atoms. The van der Waals surface area contributed by atoms with E-state index in [2.05, 4.69) is 4.90 Å². The molecular formula is C9H15NO3S. The SMILES string of the molecule is O=C(O)/C=C/SCCN1CCOCC1. The highest BCUT2D eigenvalue weighted by molar-refractivity contribution is 8.02. The molecule has 0 aromatic heterocycles. The lowest BCUT2D eigenvalue weighted by Crippen LogP contribution is -2.37. The van der Waals surface area contributed by atoms with Crippen LogP contribution in [0.5, 0.6) is 0 Å². The molecule has 0 amide bonds. The number of carboxylic acids is 1. The number of hydrogen-bond acceptors (Lipinski definition) is 4. The average molecular weight is 217 g/mol. The van der Waals surface area contributed by atoms with Gasteiger partial charge < -0.3 is 9.84 Å². The van der Waals surface area contributed by atoms with Gasteiger partial charge in [0, 0.05) is 31.5 Å². The Bertz CT molecular complexity index is 202. The zero-order chi connectivity index (χ0) is 10.2. The van der Waals surface area contributed by atoms with E-state index >= 15 is 0 Å². The Kier molecular flexibility index (Phi) is 5.66. The summed E-state index contributed by atoms with van der Waals surface area (Å²) in [5.74, 6) is 0.0490. The Hall–Kier alpha value is -0.520. The fourth-order valence-corrected chi connectivity index (χ4v) is 1.89. The molecule has 1 aliphatic heterocycles. The molecule has 0 bridgehead atoms. The van der Waals surface area contributed by atoms with Crippen molar-refractivity contribution in [3.05, 3.63) is 11.5 Å². The number of thioether (sulfide) groups is 1. The van der Waals surface area contributed by atoms with E-state index in [1.165, 1.54) is 17.8 Å². The van der Waals surface area contributed by atoms with Crippen molar-refractivity contribution < 1.29 is 14.6 Å². The molecule has 0 atom stereocenters. The van der Waals surface area contributed by atoms with Gasteiger partial charge in [0.1, 0.15) is 0 Å². The molecule has 0 aromatic rings. The van der Waals surface area contributed by atoms with E-state index in [9.17, 15) is 4.79 Å². The maximum absolute atomic E-state index is 10.1. The first-order valence-corrected chi connectivity index (χ1v) is 5.65. The van der Waals surface area contributed by atoms with Gasteiger partial charge in [-0.25, -0.2) is 4.79 Å². The lowest BCUT2D eigenvalue weighted by molar-refractivity contribution is -0.131. The highest BCUT2D eigenvalue weighted by Gasteiger charge is 2.08. The summed E-state index contributed by atoms with van der Waals surface area (Å²) in [6, 6.07) is 0. The second kappa shape index (κ2) is 6.86. The van der Waals surface area contributed by atoms with E-state index in [1.54, 1.807) is 5.41 Å². The number of carbonyl (C=O) groups is 1. The van der Waals surface area contributed by atoms with Crippen molar-refractivity contribution in [3.8, 4) is 0 Å². The van der Waals surface area contributed by atoms with E-state index in [0.29, 0.717) is 0 Å². The molecule has 1 rings (SSSR count). The number of nitrogens with zero attached hydrogens (tertiary/aromatic N) is 1. The van der Waals surface area contributed by atoms with Crippen LogP contribution >= 0.6 is 11.8 Å².